The Balaban J connectivity index is 0.00000192. The van der Waals surface area contributed by atoms with Gasteiger partial charge in [-0.05, 0) is 30.2 Å². The zero-order valence-corrected chi connectivity index (χ0v) is 15.3. The first-order valence-electron chi connectivity index (χ1n) is 7.80. The van der Waals surface area contributed by atoms with E-state index in [2.05, 4.69) is 10.2 Å². The second-order valence-corrected chi connectivity index (χ2v) is 6.82. The first-order chi connectivity index (χ1) is 10.6. The molecule has 1 amide bonds. The van der Waals surface area contributed by atoms with Crippen LogP contribution in [0, 0.1) is 0 Å². The minimum Gasteiger partial charge on any atom is -0.341 e. The number of carbonyl (C=O) groups excluding carboxylic acids is 1. The topological polar surface area (TPSA) is 35.6 Å². The highest BCUT2D eigenvalue weighted by Gasteiger charge is 2.30. The van der Waals surface area contributed by atoms with E-state index >= 15 is 0 Å². The molecule has 0 radical (unpaired) electrons. The predicted molar refractivity (Wildman–Crippen MR) is 96.8 cm³/mol. The number of hydrogen-bond acceptors (Lipinski definition) is 3. The molecule has 2 aliphatic rings. The average molecular weight is 379 g/mol. The summed E-state index contributed by atoms with van der Waals surface area (Å²) in [4.78, 5) is 17.0. The number of benzene rings is 1. The first-order valence-corrected chi connectivity index (χ1v) is 8.55. The molecular formula is C16H22Cl3N3O. The molecule has 2 heterocycles. The Labute approximate surface area is 153 Å². The molecule has 128 valence electrons. The summed E-state index contributed by atoms with van der Waals surface area (Å²) in [6.07, 6.45) is 1.39. The fourth-order valence-electron chi connectivity index (χ4n) is 3.27. The summed E-state index contributed by atoms with van der Waals surface area (Å²) in [5.41, 5.74) is 0.810. The molecule has 2 aliphatic heterocycles. The number of nitrogens with zero attached hydrogens (tertiary/aromatic N) is 2. The zero-order chi connectivity index (χ0) is 15.5. The van der Waals surface area contributed by atoms with Crippen molar-refractivity contribution in [2.24, 2.45) is 0 Å². The van der Waals surface area contributed by atoms with Crippen molar-refractivity contribution in [1.82, 2.24) is 15.1 Å². The number of hydrogen-bond donors (Lipinski definition) is 1. The highest BCUT2D eigenvalue weighted by molar-refractivity contribution is 6.33. The van der Waals surface area contributed by atoms with Crippen LogP contribution in [0.5, 0.6) is 0 Å². The summed E-state index contributed by atoms with van der Waals surface area (Å²) in [6, 6.07) is 5.78. The third-order valence-corrected chi connectivity index (χ3v) is 5.14. The second-order valence-electron chi connectivity index (χ2n) is 5.98. The van der Waals surface area contributed by atoms with Crippen molar-refractivity contribution < 1.29 is 4.79 Å². The van der Waals surface area contributed by atoms with Crippen LogP contribution in [0.25, 0.3) is 0 Å². The lowest BCUT2D eigenvalue weighted by Crippen LogP contribution is -2.49. The van der Waals surface area contributed by atoms with Gasteiger partial charge in [-0.25, -0.2) is 0 Å². The van der Waals surface area contributed by atoms with Crippen LogP contribution in [0.3, 0.4) is 0 Å². The fourth-order valence-corrected chi connectivity index (χ4v) is 3.65. The monoisotopic (exact) mass is 377 g/mol. The van der Waals surface area contributed by atoms with E-state index < -0.39 is 0 Å². The van der Waals surface area contributed by atoms with Gasteiger partial charge in [0, 0.05) is 55.4 Å². The van der Waals surface area contributed by atoms with Crippen LogP contribution in [0.1, 0.15) is 12.0 Å². The second kappa shape index (κ2) is 8.54. The summed E-state index contributed by atoms with van der Waals surface area (Å²) < 4.78 is 0. The van der Waals surface area contributed by atoms with Crippen molar-refractivity contribution in [2.45, 2.75) is 18.9 Å². The van der Waals surface area contributed by atoms with Gasteiger partial charge in [0.05, 0.1) is 6.42 Å². The van der Waals surface area contributed by atoms with E-state index in [1.54, 1.807) is 18.2 Å². The minimum atomic E-state index is 0. The Kier molecular flexibility index (Phi) is 6.99. The molecule has 23 heavy (non-hydrogen) atoms. The van der Waals surface area contributed by atoms with Crippen LogP contribution < -0.4 is 5.32 Å². The maximum atomic E-state index is 12.5. The van der Waals surface area contributed by atoms with Crippen LogP contribution in [-0.2, 0) is 11.2 Å². The molecule has 3 rings (SSSR count). The number of piperazine rings is 1. The number of halogens is 3. The molecule has 2 saturated heterocycles. The molecule has 1 aromatic rings. The predicted octanol–water partition coefficient (Wildman–Crippen LogP) is 2.46. The highest BCUT2D eigenvalue weighted by Crippen LogP contribution is 2.23. The number of nitrogens with one attached hydrogen (secondary N) is 1. The van der Waals surface area contributed by atoms with Gasteiger partial charge in [0.15, 0.2) is 0 Å². The van der Waals surface area contributed by atoms with Crippen LogP contribution in [0.4, 0.5) is 0 Å². The van der Waals surface area contributed by atoms with E-state index in [1.807, 2.05) is 4.90 Å². The van der Waals surface area contributed by atoms with Crippen molar-refractivity contribution in [1.29, 1.82) is 0 Å². The van der Waals surface area contributed by atoms with Crippen molar-refractivity contribution in [3.8, 4) is 0 Å². The lowest BCUT2D eigenvalue weighted by molar-refractivity contribution is -0.129. The zero-order valence-electron chi connectivity index (χ0n) is 12.9. The van der Waals surface area contributed by atoms with E-state index in [1.165, 1.54) is 0 Å². The Hall–Kier alpha value is -0.520. The summed E-state index contributed by atoms with van der Waals surface area (Å²) in [6.45, 7) is 5.91. The van der Waals surface area contributed by atoms with Crippen molar-refractivity contribution in [3.63, 3.8) is 0 Å². The van der Waals surface area contributed by atoms with Crippen molar-refractivity contribution in [2.75, 3.05) is 39.3 Å². The van der Waals surface area contributed by atoms with E-state index in [0.717, 1.165) is 51.3 Å². The van der Waals surface area contributed by atoms with E-state index in [9.17, 15) is 4.79 Å². The average Bonchev–Trinajstić information content (AvgIpc) is 3.02. The Morgan fingerprint density at radius 1 is 1.22 bits per heavy atom. The van der Waals surface area contributed by atoms with E-state index in [4.69, 9.17) is 23.2 Å². The lowest BCUT2D eigenvalue weighted by atomic mass is 10.1. The molecular weight excluding hydrogens is 357 g/mol. The third-order valence-electron chi connectivity index (χ3n) is 4.53. The van der Waals surface area contributed by atoms with Crippen molar-refractivity contribution >= 4 is 41.5 Å². The summed E-state index contributed by atoms with van der Waals surface area (Å²) in [7, 11) is 0. The first kappa shape index (κ1) is 18.8. The van der Waals surface area contributed by atoms with Gasteiger partial charge in [-0.15, -0.1) is 12.4 Å². The molecule has 4 nitrogen and oxygen atoms in total. The van der Waals surface area contributed by atoms with Crippen LogP contribution >= 0.6 is 35.6 Å². The number of carbonyl (C=O) groups is 1. The van der Waals surface area contributed by atoms with Crippen LogP contribution in [0.15, 0.2) is 18.2 Å². The maximum absolute atomic E-state index is 12.5. The molecule has 0 aliphatic carbocycles. The lowest BCUT2D eigenvalue weighted by Gasteiger charge is -2.32. The summed E-state index contributed by atoms with van der Waals surface area (Å²) in [5, 5.41) is 4.59. The Morgan fingerprint density at radius 3 is 2.70 bits per heavy atom. The van der Waals surface area contributed by atoms with Gasteiger partial charge in [-0.2, -0.15) is 0 Å². The van der Waals surface area contributed by atoms with Gasteiger partial charge in [0.1, 0.15) is 0 Å². The van der Waals surface area contributed by atoms with E-state index in [0.29, 0.717) is 22.5 Å². The third kappa shape index (κ3) is 4.74. The van der Waals surface area contributed by atoms with Gasteiger partial charge >= 0.3 is 0 Å². The van der Waals surface area contributed by atoms with Crippen LogP contribution in [-0.4, -0.2) is 61.0 Å². The molecule has 0 bridgehead atoms. The number of likely N-dealkylation sites (tertiary alicyclic amines) is 1. The summed E-state index contributed by atoms with van der Waals surface area (Å²) >= 11 is 12.1. The van der Waals surface area contributed by atoms with Crippen molar-refractivity contribution in [3.05, 3.63) is 33.8 Å². The fraction of sp³-hybridized carbons (Fsp3) is 0.562. The van der Waals surface area contributed by atoms with Gasteiger partial charge in [-0.1, -0.05) is 23.2 Å². The molecule has 7 heteroatoms. The molecule has 1 unspecified atom stereocenters. The van der Waals surface area contributed by atoms with Crippen LogP contribution in [0.2, 0.25) is 10.0 Å². The quantitative estimate of drug-likeness (QED) is 0.877. The molecule has 0 saturated carbocycles. The van der Waals surface area contributed by atoms with Gasteiger partial charge in [-0.3, -0.25) is 9.69 Å². The SMILES string of the molecule is Cl.O=C(Cc1cc(Cl)ccc1Cl)N1CCC(N2CCNCC2)C1. The van der Waals surface area contributed by atoms with Gasteiger partial charge < -0.3 is 10.2 Å². The Bertz CT molecular complexity index is 549. The standard InChI is InChI=1S/C16H21Cl2N3O.ClH/c17-13-1-2-15(18)12(9-13)10-16(22)21-6-3-14(11-21)20-7-4-19-5-8-20;/h1-2,9,14,19H,3-8,10-11H2;1H. The molecule has 1 atom stereocenters. The van der Waals surface area contributed by atoms with Gasteiger partial charge in [0.2, 0.25) is 5.91 Å². The smallest absolute Gasteiger partial charge is 0.227 e. The maximum Gasteiger partial charge on any atom is 0.227 e. The van der Waals surface area contributed by atoms with Gasteiger partial charge in [0.25, 0.3) is 0 Å². The summed E-state index contributed by atoms with van der Waals surface area (Å²) in [5.74, 6) is 0.141. The normalized spacial score (nSPS) is 22.0. The molecule has 1 N–H and O–H groups in total. The largest absolute Gasteiger partial charge is 0.341 e. The van der Waals surface area contributed by atoms with E-state index in [-0.39, 0.29) is 18.3 Å². The minimum absolute atomic E-state index is 0. The Morgan fingerprint density at radius 2 is 1.96 bits per heavy atom. The molecule has 2 fully saturated rings. The molecule has 0 spiro atoms. The number of amides is 1. The molecule has 1 aromatic carbocycles. The molecule has 0 aromatic heterocycles. The number of rotatable bonds is 3. The highest BCUT2D eigenvalue weighted by atomic mass is 35.5.